The molecule has 0 radical (unpaired) electrons. The van der Waals surface area contributed by atoms with Gasteiger partial charge >= 0.3 is 0 Å². The number of rotatable bonds is 4. The zero-order chi connectivity index (χ0) is 22.9. The van der Waals surface area contributed by atoms with Crippen LogP contribution in [-0.2, 0) is 4.79 Å². The third kappa shape index (κ3) is 4.08. The summed E-state index contributed by atoms with van der Waals surface area (Å²) in [6.07, 6.45) is 3.36. The predicted octanol–water partition coefficient (Wildman–Crippen LogP) is 5.57. The number of aromatic nitrogens is 4. The largest absolute Gasteiger partial charge is 0.328 e. The number of carbonyl (C=O) groups excluding carboxylic acids is 1. The average molecular weight is 477 g/mol. The molecule has 1 amide bonds. The van der Waals surface area contributed by atoms with Gasteiger partial charge in [-0.05, 0) is 43.3 Å². The number of hydrogen-bond acceptors (Lipinski definition) is 5. The summed E-state index contributed by atoms with van der Waals surface area (Å²) < 4.78 is 1.68. The number of hydrogen-bond donors (Lipinski definition) is 2. The second-order valence-corrected chi connectivity index (χ2v) is 8.34. The fourth-order valence-corrected chi connectivity index (χ4v) is 4.31. The van der Waals surface area contributed by atoms with E-state index in [1.807, 2.05) is 49.4 Å². The zero-order valence-electron chi connectivity index (χ0n) is 17.5. The molecule has 4 aromatic rings. The Bertz CT molecular complexity index is 1370. The first-order valence-electron chi connectivity index (χ1n) is 10.2. The smallest absolute Gasteiger partial charge is 0.255 e. The standard InChI is InChI=1S/C24H18Cl2N6O/c1-14-20(23(33)29-17-5-3-2-4-6-17)21(18-8-7-16(25)13-19(18)26)32-24(28-14)30-22(31-32)15-9-11-27-12-10-15/h2-13,21H,1H3,(H,29,33)(H,28,30,31). The molecule has 0 saturated carbocycles. The molecule has 5 rings (SSSR count). The maximum Gasteiger partial charge on any atom is 0.255 e. The van der Waals surface area contributed by atoms with E-state index in [0.29, 0.717) is 44.3 Å². The van der Waals surface area contributed by atoms with Crippen LogP contribution in [0.2, 0.25) is 10.0 Å². The van der Waals surface area contributed by atoms with Crippen molar-refractivity contribution in [2.24, 2.45) is 0 Å². The van der Waals surface area contributed by atoms with Crippen LogP contribution >= 0.6 is 23.2 Å². The third-order valence-corrected chi connectivity index (χ3v) is 5.89. The number of halogens is 2. The number of fused-ring (bicyclic) bond motifs is 1. The lowest BCUT2D eigenvalue weighted by molar-refractivity contribution is -0.113. The van der Waals surface area contributed by atoms with E-state index in [1.165, 1.54) is 0 Å². The average Bonchev–Trinajstić information content (AvgIpc) is 3.23. The lowest BCUT2D eigenvalue weighted by Crippen LogP contribution is -2.31. The van der Waals surface area contributed by atoms with E-state index in [9.17, 15) is 4.79 Å². The molecule has 0 saturated heterocycles. The van der Waals surface area contributed by atoms with Gasteiger partial charge in [0.05, 0.1) is 5.57 Å². The van der Waals surface area contributed by atoms with Crippen molar-refractivity contribution in [3.63, 3.8) is 0 Å². The molecule has 9 heteroatoms. The Balaban J connectivity index is 1.64. The summed E-state index contributed by atoms with van der Waals surface area (Å²) in [5.41, 5.74) is 3.31. The van der Waals surface area contributed by atoms with Gasteiger partial charge in [0.15, 0.2) is 5.82 Å². The Morgan fingerprint density at radius 2 is 1.82 bits per heavy atom. The first-order valence-corrected chi connectivity index (χ1v) is 10.9. The molecule has 0 spiro atoms. The van der Waals surface area contributed by atoms with Crippen LogP contribution < -0.4 is 10.6 Å². The van der Waals surface area contributed by atoms with Crippen LogP contribution in [0.5, 0.6) is 0 Å². The number of anilines is 2. The minimum atomic E-state index is -0.613. The third-order valence-electron chi connectivity index (χ3n) is 5.32. The first kappa shape index (κ1) is 21.2. The summed E-state index contributed by atoms with van der Waals surface area (Å²) in [7, 11) is 0. The molecule has 1 aliphatic rings. The van der Waals surface area contributed by atoms with Crippen molar-refractivity contribution in [2.75, 3.05) is 10.6 Å². The molecular formula is C24H18Cl2N6O. The summed E-state index contributed by atoms with van der Waals surface area (Å²) in [6.45, 7) is 1.83. The van der Waals surface area contributed by atoms with Gasteiger partial charge in [0.25, 0.3) is 5.91 Å². The Morgan fingerprint density at radius 3 is 2.55 bits per heavy atom. The number of nitrogens with zero attached hydrogens (tertiary/aromatic N) is 4. The highest BCUT2D eigenvalue weighted by atomic mass is 35.5. The molecular weight excluding hydrogens is 459 g/mol. The molecule has 1 unspecified atom stereocenters. The predicted molar refractivity (Wildman–Crippen MR) is 129 cm³/mol. The van der Waals surface area contributed by atoms with E-state index in [-0.39, 0.29) is 5.91 Å². The van der Waals surface area contributed by atoms with E-state index in [0.717, 1.165) is 5.56 Å². The quantitative estimate of drug-likeness (QED) is 0.401. The molecule has 0 bridgehead atoms. The van der Waals surface area contributed by atoms with Gasteiger partial charge in [-0.2, -0.15) is 4.98 Å². The number of amides is 1. The van der Waals surface area contributed by atoms with Crippen LogP contribution in [0.25, 0.3) is 11.4 Å². The summed E-state index contributed by atoms with van der Waals surface area (Å²) in [5.74, 6) is 0.743. The maximum atomic E-state index is 13.5. The molecule has 2 N–H and O–H groups in total. The van der Waals surface area contributed by atoms with Crippen molar-refractivity contribution in [1.29, 1.82) is 0 Å². The monoisotopic (exact) mass is 476 g/mol. The normalized spacial score (nSPS) is 15.1. The number of benzene rings is 2. The number of para-hydroxylation sites is 1. The summed E-state index contributed by atoms with van der Waals surface area (Å²) in [4.78, 5) is 22.2. The van der Waals surface area contributed by atoms with Crippen LogP contribution in [0.4, 0.5) is 11.6 Å². The molecule has 0 aliphatic carbocycles. The Hall–Kier alpha value is -3.68. The molecule has 1 aliphatic heterocycles. The van der Waals surface area contributed by atoms with Gasteiger partial charge < -0.3 is 10.6 Å². The highest BCUT2D eigenvalue weighted by Crippen LogP contribution is 2.40. The Morgan fingerprint density at radius 1 is 1.06 bits per heavy atom. The lowest BCUT2D eigenvalue weighted by atomic mass is 9.95. The van der Waals surface area contributed by atoms with E-state index in [1.54, 1.807) is 35.3 Å². The van der Waals surface area contributed by atoms with Crippen LogP contribution in [-0.4, -0.2) is 25.7 Å². The minimum Gasteiger partial charge on any atom is -0.328 e. The Labute approximate surface area is 200 Å². The Kier molecular flexibility index (Phi) is 5.58. The topological polar surface area (TPSA) is 84.7 Å². The van der Waals surface area contributed by atoms with E-state index in [4.69, 9.17) is 28.3 Å². The van der Waals surface area contributed by atoms with Crippen molar-refractivity contribution >= 4 is 40.7 Å². The zero-order valence-corrected chi connectivity index (χ0v) is 19.0. The van der Waals surface area contributed by atoms with E-state index in [2.05, 4.69) is 20.6 Å². The molecule has 2 aromatic carbocycles. The number of pyridine rings is 1. The molecule has 3 heterocycles. The molecule has 33 heavy (non-hydrogen) atoms. The second kappa shape index (κ2) is 8.69. The van der Waals surface area contributed by atoms with Gasteiger partial charge in [-0.25, -0.2) is 4.68 Å². The van der Waals surface area contributed by atoms with Crippen LogP contribution in [0.3, 0.4) is 0 Å². The minimum absolute atomic E-state index is 0.270. The maximum absolute atomic E-state index is 13.5. The van der Waals surface area contributed by atoms with E-state index < -0.39 is 6.04 Å². The van der Waals surface area contributed by atoms with Crippen molar-refractivity contribution < 1.29 is 4.79 Å². The van der Waals surface area contributed by atoms with Crippen molar-refractivity contribution in [1.82, 2.24) is 19.7 Å². The number of allylic oxidation sites excluding steroid dienone is 1. The highest BCUT2D eigenvalue weighted by Gasteiger charge is 2.35. The van der Waals surface area contributed by atoms with Crippen molar-refractivity contribution in [3.8, 4) is 11.4 Å². The summed E-state index contributed by atoms with van der Waals surface area (Å²) >= 11 is 12.7. The van der Waals surface area contributed by atoms with Gasteiger partial charge in [-0.15, -0.1) is 5.10 Å². The second-order valence-electron chi connectivity index (χ2n) is 7.49. The molecule has 1 atom stereocenters. The summed E-state index contributed by atoms with van der Waals surface area (Å²) in [6, 6.07) is 17.5. The van der Waals surface area contributed by atoms with Gasteiger partial charge in [0.1, 0.15) is 6.04 Å². The van der Waals surface area contributed by atoms with Crippen molar-refractivity contribution in [3.05, 3.63) is 99.9 Å². The highest BCUT2D eigenvalue weighted by molar-refractivity contribution is 6.35. The summed E-state index contributed by atoms with van der Waals surface area (Å²) in [5, 5.41) is 11.8. The van der Waals surface area contributed by atoms with Gasteiger partial charge in [0, 0.05) is 45.0 Å². The fraction of sp³-hybridized carbons (Fsp3) is 0.0833. The van der Waals surface area contributed by atoms with Crippen molar-refractivity contribution in [2.45, 2.75) is 13.0 Å². The molecule has 0 fully saturated rings. The first-order chi connectivity index (χ1) is 16.0. The van der Waals surface area contributed by atoms with Gasteiger partial charge in [0.2, 0.25) is 5.95 Å². The van der Waals surface area contributed by atoms with Crippen LogP contribution in [0, 0.1) is 0 Å². The lowest BCUT2D eigenvalue weighted by Gasteiger charge is -2.29. The van der Waals surface area contributed by atoms with Crippen LogP contribution in [0.15, 0.2) is 84.3 Å². The fourth-order valence-electron chi connectivity index (χ4n) is 3.80. The SMILES string of the molecule is CC1=C(C(=O)Nc2ccccc2)C(c2ccc(Cl)cc2Cl)n2nc(-c3ccncc3)nc2N1. The number of carbonyl (C=O) groups is 1. The van der Waals surface area contributed by atoms with Gasteiger partial charge in [-0.1, -0.05) is 47.5 Å². The molecule has 7 nitrogen and oxygen atoms in total. The van der Waals surface area contributed by atoms with Crippen LogP contribution in [0.1, 0.15) is 18.5 Å². The van der Waals surface area contributed by atoms with E-state index >= 15 is 0 Å². The molecule has 164 valence electrons. The molecule has 2 aromatic heterocycles. The number of nitrogens with one attached hydrogen (secondary N) is 2. The van der Waals surface area contributed by atoms with Gasteiger partial charge in [-0.3, -0.25) is 9.78 Å².